The van der Waals surface area contributed by atoms with Gasteiger partial charge in [0.15, 0.2) is 5.96 Å². The molecule has 0 aliphatic carbocycles. The number of guanidine groups is 1. The van der Waals surface area contributed by atoms with Gasteiger partial charge < -0.3 is 27.5 Å². The molecule has 0 atom stereocenters. The van der Waals surface area contributed by atoms with E-state index in [9.17, 15) is 4.79 Å². The molecular weight excluding hydrogens is 560 g/mol. The third-order valence-electron chi connectivity index (χ3n) is 7.70. The summed E-state index contributed by atoms with van der Waals surface area (Å²) in [4.78, 5) is 23.9. The molecule has 2 aromatic carbocycles. The van der Waals surface area contributed by atoms with Crippen LogP contribution in [0.15, 0.2) is 64.5 Å². The molecule has 4 rings (SSSR count). The average Bonchev–Trinajstić information content (AvgIpc) is 3.39. The van der Waals surface area contributed by atoms with Crippen molar-refractivity contribution in [2.45, 2.75) is 91.5 Å². The lowest BCUT2D eigenvalue weighted by Crippen LogP contribution is -2.23. The van der Waals surface area contributed by atoms with Crippen LogP contribution in [0.1, 0.15) is 88.8 Å². The fourth-order valence-electron chi connectivity index (χ4n) is 5.11. The number of aliphatic imine (C=N–C) groups is 1. The van der Waals surface area contributed by atoms with E-state index in [1.54, 1.807) is 4.57 Å². The van der Waals surface area contributed by atoms with Gasteiger partial charge in [-0.25, -0.2) is 4.79 Å². The molecular formula is C36H54N8O. The first-order valence-corrected chi connectivity index (χ1v) is 16.0. The number of nitrogens with zero attached hydrogens (tertiary/aromatic N) is 3. The maximum atomic E-state index is 12.5. The molecule has 2 heterocycles. The largest absolute Gasteiger partial charge is 0.370 e. The normalized spacial score (nSPS) is 11.7. The Labute approximate surface area is 268 Å². The van der Waals surface area contributed by atoms with Crippen LogP contribution in [-0.2, 0) is 23.8 Å². The summed E-state index contributed by atoms with van der Waals surface area (Å²) in [6.45, 7) is 18.4. The topological polar surface area (TPSA) is 153 Å². The Morgan fingerprint density at radius 1 is 0.933 bits per heavy atom. The molecule has 2 aromatic heterocycles. The first-order chi connectivity index (χ1) is 21.2. The number of aromatic nitrogens is 3. The Kier molecular flexibility index (Phi) is 12.5. The first-order valence-electron chi connectivity index (χ1n) is 16.0. The van der Waals surface area contributed by atoms with Crippen LogP contribution in [0.25, 0.3) is 16.7 Å². The van der Waals surface area contributed by atoms with E-state index in [0.29, 0.717) is 12.2 Å². The minimum Gasteiger partial charge on any atom is -0.370 e. The maximum absolute atomic E-state index is 12.5. The van der Waals surface area contributed by atoms with Crippen molar-refractivity contribution in [3.05, 3.63) is 93.2 Å². The summed E-state index contributed by atoms with van der Waals surface area (Å²) < 4.78 is 1.58. The fraction of sp³-hybridized carbons (Fsp3) is 0.472. The van der Waals surface area contributed by atoms with Gasteiger partial charge in [-0.1, -0.05) is 71.9 Å². The van der Waals surface area contributed by atoms with Gasteiger partial charge in [-0.15, -0.1) is 0 Å². The Morgan fingerprint density at radius 2 is 1.62 bits per heavy atom. The third kappa shape index (κ3) is 10.9. The Hall–Kier alpha value is -3.95. The zero-order valence-electron chi connectivity index (χ0n) is 28.3. The van der Waals surface area contributed by atoms with Gasteiger partial charge >= 0.3 is 5.69 Å². The lowest BCUT2D eigenvalue weighted by atomic mass is 9.83. The van der Waals surface area contributed by atoms with Gasteiger partial charge in [0.25, 0.3) is 0 Å². The van der Waals surface area contributed by atoms with Crippen molar-refractivity contribution in [3.8, 4) is 5.69 Å². The number of fused-ring (bicyclic) bond motifs is 1. The number of hydrogen-bond donors (Lipinski definition) is 5. The van der Waals surface area contributed by atoms with Crippen molar-refractivity contribution >= 4 is 17.0 Å². The summed E-state index contributed by atoms with van der Waals surface area (Å²) in [5, 5.41) is 4.27. The fourth-order valence-corrected chi connectivity index (χ4v) is 5.11. The SMILES string of the molecule is CC(C)(C)c1cc2cn(-c3ccc(CNCCCN=C(N)N)cc3)c(=O)nc2[nH]1.Cc1ccc(CCCCN)cc1C(C)(C)C. The van der Waals surface area contributed by atoms with Crippen LogP contribution >= 0.6 is 0 Å². The van der Waals surface area contributed by atoms with E-state index < -0.39 is 0 Å². The minimum atomic E-state index is -0.301. The van der Waals surface area contributed by atoms with E-state index in [1.165, 1.54) is 23.1 Å². The molecule has 4 aromatic rings. The van der Waals surface area contributed by atoms with Crippen molar-refractivity contribution < 1.29 is 0 Å². The zero-order valence-corrected chi connectivity index (χ0v) is 28.3. The standard InChI is InChI=1S/C21H29N7O.C15H25N/c1-21(2,3)17-11-15-13-28(20(29)27-18(15)26-17)16-7-5-14(6-8-16)12-24-9-4-10-25-19(22)23;1-12-8-9-13(7-5-6-10-16)11-14(12)15(2,3)4/h5-8,11,13,24H,4,9-10,12H2,1-3H3,(H4,22,23,25)(H,26,27,29);8-9,11H,5-7,10,16H2,1-4H3. The number of hydrogen-bond acceptors (Lipinski definition) is 5. The second-order valence-electron chi connectivity index (χ2n) is 13.8. The van der Waals surface area contributed by atoms with E-state index in [0.717, 1.165) is 61.2 Å². The molecule has 0 unspecified atom stereocenters. The van der Waals surface area contributed by atoms with Gasteiger partial charge in [0.05, 0.1) is 5.69 Å². The average molecular weight is 615 g/mol. The Balaban J connectivity index is 0.000000292. The molecule has 0 spiro atoms. The number of aromatic amines is 1. The molecule has 9 nitrogen and oxygen atoms in total. The van der Waals surface area contributed by atoms with Gasteiger partial charge in [-0.2, -0.15) is 4.98 Å². The molecule has 0 fully saturated rings. The van der Waals surface area contributed by atoms with Crippen LogP contribution in [-0.4, -0.2) is 40.1 Å². The van der Waals surface area contributed by atoms with Gasteiger partial charge in [0, 0.05) is 35.8 Å². The third-order valence-corrected chi connectivity index (χ3v) is 7.70. The van der Waals surface area contributed by atoms with Gasteiger partial charge in [-0.05, 0) is 91.6 Å². The number of rotatable bonds is 11. The molecule has 45 heavy (non-hydrogen) atoms. The monoisotopic (exact) mass is 614 g/mol. The van der Waals surface area contributed by atoms with Crippen LogP contribution < -0.4 is 28.2 Å². The highest BCUT2D eigenvalue weighted by atomic mass is 16.1. The highest BCUT2D eigenvalue weighted by Gasteiger charge is 2.18. The second-order valence-corrected chi connectivity index (χ2v) is 13.8. The predicted molar refractivity (Wildman–Crippen MR) is 189 cm³/mol. The van der Waals surface area contributed by atoms with Crippen LogP contribution in [0.5, 0.6) is 0 Å². The molecule has 0 amide bonds. The first kappa shape index (κ1) is 35.5. The molecule has 0 saturated carbocycles. The minimum absolute atomic E-state index is 0.0352. The maximum Gasteiger partial charge on any atom is 0.354 e. The number of nitrogens with two attached hydrogens (primary N) is 3. The Bertz CT molecular complexity index is 1600. The zero-order chi connectivity index (χ0) is 33.2. The summed E-state index contributed by atoms with van der Waals surface area (Å²) >= 11 is 0. The molecule has 0 aliphatic heterocycles. The van der Waals surface area contributed by atoms with Crippen LogP contribution in [0.2, 0.25) is 0 Å². The predicted octanol–water partition coefficient (Wildman–Crippen LogP) is 5.34. The molecule has 8 N–H and O–H groups in total. The summed E-state index contributed by atoms with van der Waals surface area (Å²) in [5.74, 6) is 0.123. The smallest absolute Gasteiger partial charge is 0.354 e. The lowest BCUT2D eigenvalue weighted by molar-refractivity contribution is 0.574. The number of unbranched alkanes of at least 4 members (excludes halogenated alkanes) is 1. The van der Waals surface area contributed by atoms with Crippen molar-refractivity contribution in [2.24, 2.45) is 22.2 Å². The van der Waals surface area contributed by atoms with E-state index in [1.807, 2.05) is 30.5 Å². The van der Waals surface area contributed by atoms with E-state index in [-0.39, 0.29) is 22.5 Å². The van der Waals surface area contributed by atoms with Crippen LogP contribution in [0, 0.1) is 6.92 Å². The van der Waals surface area contributed by atoms with Gasteiger partial charge in [-0.3, -0.25) is 9.56 Å². The van der Waals surface area contributed by atoms with E-state index >= 15 is 0 Å². The number of benzene rings is 2. The summed E-state index contributed by atoms with van der Waals surface area (Å²) in [6.07, 6.45) is 6.18. The van der Waals surface area contributed by atoms with Crippen LogP contribution in [0.3, 0.4) is 0 Å². The molecule has 0 saturated heterocycles. The highest BCUT2D eigenvalue weighted by Crippen LogP contribution is 2.27. The van der Waals surface area contributed by atoms with Gasteiger partial charge in [0.2, 0.25) is 0 Å². The van der Waals surface area contributed by atoms with E-state index in [2.05, 4.69) is 93.0 Å². The van der Waals surface area contributed by atoms with Gasteiger partial charge in [0.1, 0.15) is 5.65 Å². The molecule has 9 heteroatoms. The van der Waals surface area contributed by atoms with Crippen molar-refractivity contribution in [1.29, 1.82) is 0 Å². The number of aryl methyl sites for hydroxylation is 2. The number of nitrogens with one attached hydrogen (secondary N) is 2. The quantitative estimate of drug-likeness (QED) is 0.0874. The Morgan fingerprint density at radius 3 is 2.24 bits per heavy atom. The second kappa shape index (κ2) is 15.9. The molecule has 0 radical (unpaired) electrons. The van der Waals surface area contributed by atoms with Crippen molar-refractivity contribution in [1.82, 2.24) is 19.9 Å². The van der Waals surface area contributed by atoms with Crippen LogP contribution in [0.4, 0.5) is 0 Å². The molecule has 244 valence electrons. The molecule has 0 bridgehead atoms. The summed E-state index contributed by atoms with van der Waals surface area (Å²) in [6, 6.07) is 16.8. The lowest BCUT2D eigenvalue weighted by Gasteiger charge is -2.22. The summed E-state index contributed by atoms with van der Waals surface area (Å²) in [7, 11) is 0. The molecule has 0 aliphatic rings. The summed E-state index contributed by atoms with van der Waals surface area (Å²) in [5.41, 5.74) is 23.9. The highest BCUT2D eigenvalue weighted by molar-refractivity contribution is 5.76. The number of H-pyrrole nitrogens is 1. The van der Waals surface area contributed by atoms with Crippen molar-refractivity contribution in [2.75, 3.05) is 19.6 Å². The van der Waals surface area contributed by atoms with E-state index in [4.69, 9.17) is 17.2 Å². The van der Waals surface area contributed by atoms with Crippen molar-refractivity contribution in [3.63, 3.8) is 0 Å².